The van der Waals surface area contributed by atoms with Crippen molar-refractivity contribution in [3.05, 3.63) is 101 Å². The van der Waals surface area contributed by atoms with Crippen molar-refractivity contribution in [3.63, 3.8) is 0 Å². The summed E-state index contributed by atoms with van der Waals surface area (Å²) >= 11 is 0. The van der Waals surface area contributed by atoms with Crippen molar-refractivity contribution in [2.75, 3.05) is 11.4 Å². The van der Waals surface area contributed by atoms with E-state index in [9.17, 15) is 13.6 Å². The van der Waals surface area contributed by atoms with Crippen molar-refractivity contribution < 1.29 is 13.6 Å². The molecule has 1 amide bonds. The number of carbonyl (C=O) groups is 1. The van der Waals surface area contributed by atoms with Crippen LogP contribution in [0.1, 0.15) is 16.7 Å². The van der Waals surface area contributed by atoms with E-state index in [2.05, 4.69) is 0 Å². The summed E-state index contributed by atoms with van der Waals surface area (Å²) in [6.07, 6.45) is 0. The molecule has 134 valence electrons. The fourth-order valence-corrected chi connectivity index (χ4v) is 3.33. The summed E-state index contributed by atoms with van der Waals surface area (Å²) < 4.78 is 27.2. The largest absolute Gasteiger partial charge is 0.304 e. The molecule has 3 aromatic rings. The van der Waals surface area contributed by atoms with E-state index in [1.165, 1.54) is 6.07 Å². The molecule has 0 saturated heterocycles. The molecule has 0 bridgehead atoms. The number of nitrogens with zero attached hydrogens (tertiary/aromatic N) is 1. The van der Waals surface area contributed by atoms with E-state index in [1.54, 1.807) is 4.90 Å². The number of aryl methyl sites for hydroxylation is 1. The highest BCUT2D eigenvalue weighted by Crippen LogP contribution is 2.37. The molecule has 0 radical (unpaired) electrons. The zero-order chi connectivity index (χ0) is 19.0. The Morgan fingerprint density at radius 1 is 0.815 bits per heavy atom. The lowest BCUT2D eigenvalue weighted by Gasteiger charge is -2.17. The van der Waals surface area contributed by atoms with E-state index in [0.717, 1.165) is 34.5 Å². The molecule has 0 aliphatic carbocycles. The van der Waals surface area contributed by atoms with E-state index >= 15 is 0 Å². The monoisotopic (exact) mass is 361 g/mol. The first-order chi connectivity index (χ1) is 13.0. The molecule has 1 aliphatic rings. The number of rotatable bonds is 3. The summed E-state index contributed by atoms with van der Waals surface area (Å²) in [6, 6.07) is 20.8. The van der Waals surface area contributed by atoms with Crippen LogP contribution in [0.2, 0.25) is 0 Å². The van der Waals surface area contributed by atoms with Crippen molar-refractivity contribution in [3.8, 4) is 0 Å². The molecular formula is C23H17F2NO. The Balaban J connectivity index is 1.86. The number of amides is 1. The molecule has 4 rings (SSSR count). The van der Waals surface area contributed by atoms with E-state index in [-0.39, 0.29) is 5.91 Å². The number of anilines is 1. The minimum atomic E-state index is -0.964. The van der Waals surface area contributed by atoms with Gasteiger partial charge in [0, 0.05) is 5.69 Å². The number of carbonyl (C=O) groups excluding carboxylic acids is 1. The highest BCUT2D eigenvalue weighted by molar-refractivity contribution is 6.36. The van der Waals surface area contributed by atoms with E-state index < -0.39 is 11.6 Å². The summed E-state index contributed by atoms with van der Waals surface area (Å²) in [7, 11) is 0. The predicted octanol–water partition coefficient (Wildman–Crippen LogP) is 5.23. The zero-order valence-electron chi connectivity index (χ0n) is 14.7. The van der Waals surface area contributed by atoms with Gasteiger partial charge in [0.15, 0.2) is 11.6 Å². The Labute approximate surface area is 156 Å². The Morgan fingerprint density at radius 2 is 1.48 bits per heavy atom. The van der Waals surface area contributed by atoms with Gasteiger partial charge in [-0.05, 0) is 47.9 Å². The van der Waals surface area contributed by atoms with Crippen molar-refractivity contribution in [1.82, 2.24) is 0 Å². The molecular weight excluding hydrogens is 344 g/mol. The van der Waals surface area contributed by atoms with E-state index in [1.807, 2.05) is 61.5 Å². The smallest absolute Gasteiger partial charge is 0.259 e. The van der Waals surface area contributed by atoms with Gasteiger partial charge in [0.25, 0.3) is 5.91 Å². The number of benzene rings is 3. The van der Waals surface area contributed by atoms with Gasteiger partial charge in [0.1, 0.15) is 0 Å². The predicted molar refractivity (Wildman–Crippen MR) is 103 cm³/mol. The fourth-order valence-electron chi connectivity index (χ4n) is 3.33. The third-order valence-corrected chi connectivity index (χ3v) is 4.75. The van der Waals surface area contributed by atoms with Crippen LogP contribution in [0.15, 0.2) is 72.8 Å². The summed E-state index contributed by atoms with van der Waals surface area (Å²) in [5.74, 6) is -2.11. The van der Waals surface area contributed by atoms with Gasteiger partial charge < -0.3 is 4.90 Å². The third kappa shape index (κ3) is 3.14. The standard InChI is InChI=1S/C23H17F2NO/c1-15-7-9-16(10-8-15)19-14-26(18-5-3-2-4-6-18)23(27)22(19)17-11-12-20(24)21(25)13-17/h2-13H,14H2,1H3. The van der Waals surface area contributed by atoms with Gasteiger partial charge in [-0.15, -0.1) is 0 Å². The SMILES string of the molecule is Cc1ccc(C2=C(c3ccc(F)c(F)c3)C(=O)N(c3ccccc3)C2)cc1. The van der Waals surface area contributed by atoms with Crippen LogP contribution in [0, 0.1) is 18.6 Å². The van der Waals surface area contributed by atoms with Gasteiger partial charge in [0.2, 0.25) is 0 Å². The normalized spacial score (nSPS) is 14.2. The van der Waals surface area contributed by atoms with Crippen LogP contribution in [0.25, 0.3) is 11.1 Å². The molecule has 0 spiro atoms. The van der Waals surface area contributed by atoms with Gasteiger partial charge in [0.05, 0.1) is 12.1 Å². The highest BCUT2D eigenvalue weighted by atomic mass is 19.2. The molecule has 0 aromatic heterocycles. The molecule has 3 aromatic carbocycles. The lowest BCUT2D eigenvalue weighted by atomic mass is 9.96. The summed E-state index contributed by atoms with van der Waals surface area (Å²) in [4.78, 5) is 14.9. The van der Waals surface area contributed by atoms with Gasteiger partial charge in [-0.1, -0.05) is 54.1 Å². The average Bonchev–Trinajstić information content (AvgIpc) is 3.02. The second-order valence-corrected chi connectivity index (χ2v) is 6.58. The Morgan fingerprint density at radius 3 is 2.15 bits per heavy atom. The third-order valence-electron chi connectivity index (χ3n) is 4.75. The molecule has 0 N–H and O–H groups in total. The molecule has 4 heteroatoms. The van der Waals surface area contributed by atoms with Gasteiger partial charge in [-0.3, -0.25) is 4.79 Å². The number of hydrogen-bond donors (Lipinski definition) is 0. The summed E-state index contributed by atoms with van der Waals surface area (Å²) in [5.41, 5.74) is 4.36. The molecule has 27 heavy (non-hydrogen) atoms. The topological polar surface area (TPSA) is 20.3 Å². The van der Waals surface area contributed by atoms with Gasteiger partial charge in [-0.2, -0.15) is 0 Å². The number of halogens is 2. The number of para-hydroxylation sites is 1. The minimum Gasteiger partial charge on any atom is -0.304 e. The fraction of sp³-hybridized carbons (Fsp3) is 0.0870. The molecule has 1 heterocycles. The lowest BCUT2D eigenvalue weighted by Crippen LogP contribution is -2.26. The second-order valence-electron chi connectivity index (χ2n) is 6.58. The molecule has 0 unspecified atom stereocenters. The van der Waals surface area contributed by atoms with Crippen molar-refractivity contribution in [2.24, 2.45) is 0 Å². The summed E-state index contributed by atoms with van der Waals surface area (Å²) in [6.45, 7) is 2.37. The van der Waals surface area contributed by atoms with Crippen LogP contribution >= 0.6 is 0 Å². The highest BCUT2D eigenvalue weighted by Gasteiger charge is 2.33. The maximum absolute atomic E-state index is 13.8. The Kier molecular flexibility index (Phi) is 4.32. The first-order valence-electron chi connectivity index (χ1n) is 8.67. The van der Waals surface area contributed by atoms with Crippen LogP contribution in [0.5, 0.6) is 0 Å². The molecule has 0 fully saturated rings. The van der Waals surface area contributed by atoms with E-state index in [4.69, 9.17) is 0 Å². The second kappa shape index (κ2) is 6.80. The first kappa shape index (κ1) is 17.2. The molecule has 0 atom stereocenters. The van der Waals surface area contributed by atoms with Crippen LogP contribution < -0.4 is 4.90 Å². The van der Waals surface area contributed by atoms with Crippen molar-refractivity contribution in [1.29, 1.82) is 0 Å². The molecule has 1 aliphatic heterocycles. The van der Waals surface area contributed by atoms with Gasteiger partial charge >= 0.3 is 0 Å². The van der Waals surface area contributed by atoms with Crippen LogP contribution in [0.4, 0.5) is 14.5 Å². The van der Waals surface area contributed by atoms with Gasteiger partial charge in [-0.25, -0.2) is 8.78 Å². The summed E-state index contributed by atoms with van der Waals surface area (Å²) in [5, 5.41) is 0. The Hall–Kier alpha value is -3.27. The maximum Gasteiger partial charge on any atom is 0.259 e. The number of hydrogen-bond acceptors (Lipinski definition) is 1. The first-order valence-corrected chi connectivity index (χ1v) is 8.67. The maximum atomic E-state index is 13.8. The quantitative estimate of drug-likeness (QED) is 0.625. The van der Waals surface area contributed by atoms with Crippen LogP contribution in [-0.2, 0) is 4.79 Å². The molecule has 2 nitrogen and oxygen atoms in total. The van der Waals surface area contributed by atoms with E-state index in [0.29, 0.717) is 17.7 Å². The Bertz CT molecular complexity index is 1040. The van der Waals surface area contributed by atoms with Crippen molar-refractivity contribution in [2.45, 2.75) is 6.92 Å². The average molecular weight is 361 g/mol. The van der Waals surface area contributed by atoms with Crippen molar-refractivity contribution >= 4 is 22.7 Å². The molecule has 0 saturated carbocycles. The zero-order valence-corrected chi connectivity index (χ0v) is 14.7. The minimum absolute atomic E-state index is 0.220. The van der Waals surface area contributed by atoms with Crippen LogP contribution in [-0.4, -0.2) is 12.5 Å². The van der Waals surface area contributed by atoms with Crippen LogP contribution in [0.3, 0.4) is 0 Å². The lowest BCUT2D eigenvalue weighted by molar-refractivity contribution is -0.112.